The number of ether oxygens (including phenoxy) is 2. The van der Waals surface area contributed by atoms with E-state index in [0.717, 1.165) is 68.1 Å². The van der Waals surface area contributed by atoms with E-state index in [1.165, 1.54) is 111 Å². The second-order valence-electron chi connectivity index (χ2n) is 22.4. The highest BCUT2D eigenvalue weighted by atomic mass is 16.5. The predicted octanol–water partition coefficient (Wildman–Crippen LogP) is 15.6. The fraction of sp³-hybridized carbons (Fsp3) is 0.0704. The molecule has 0 unspecified atom stereocenters. The summed E-state index contributed by atoms with van der Waals surface area (Å²) in [6, 6.07) is 78.4. The summed E-state index contributed by atoms with van der Waals surface area (Å²) in [6.45, 7) is 6.57. The average Bonchev–Trinajstić information content (AvgIpc) is 4.23. The Bertz CT molecular complexity index is 4500. The van der Waals surface area contributed by atoms with Crippen LogP contribution in [0.15, 0.2) is 206 Å². The Kier molecular flexibility index (Phi) is 7.03. The molecule has 0 saturated heterocycles. The van der Waals surface area contributed by atoms with Crippen LogP contribution in [0.1, 0.15) is 61.2 Å². The van der Waals surface area contributed by atoms with Crippen LogP contribution in [0.2, 0.25) is 0 Å². The average molecular weight is 967 g/mol. The first-order valence-electron chi connectivity index (χ1n) is 26.8. The standard InChI is InChI=1S/C71H43BN2O2/c1-38-30-59-65-63(32-38)75-64-33-39(2)31-60-66(64)72(65)67-61(73(59)41-28-29-48-46-20-8-14-26-54(46)70(56(48)35-41)50-22-10-4-16-42(50)43-17-5-11-23-51(43)70)34-40(3)69-68(67)74(60)58-37-57-49(36-62(58)76-69)47-21-9-15-27-55(47)71(57)52-24-12-6-18-44(52)45-19-7-13-25-53(45)71/h4-37H,1-3H3. The van der Waals surface area contributed by atoms with E-state index in [4.69, 9.17) is 9.47 Å². The minimum Gasteiger partial charge on any atom is -0.458 e. The molecular formula is C71H43BN2O2. The van der Waals surface area contributed by atoms with Crippen molar-refractivity contribution in [3.05, 3.63) is 267 Å². The lowest BCUT2D eigenvalue weighted by molar-refractivity contribution is 0.472. The normalized spacial score (nSPS) is 15.6. The van der Waals surface area contributed by atoms with E-state index in [2.05, 4.69) is 237 Å². The van der Waals surface area contributed by atoms with E-state index in [9.17, 15) is 0 Å². The summed E-state index contributed by atoms with van der Waals surface area (Å²) in [5, 5.41) is 0. The molecule has 0 bridgehead atoms. The molecule has 0 atom stereocenters. The summed E-state index contributed by atoms with van der Waals surface area (Å²) >= 11 is 0. The second-order valence-corrected chi connectivity index (χ2v) is 22.4. The van der Waals surface area contributed by atoms with Crippen molar-refractivity contribution in [2.75, 3.05) is 9.80 Å². The number of benzene rings is 11. The largest absolute Gasteiger partial charge is 0.458 e. The molecule has 0 fully saturated rings. The first kappa shape index (κ1) is 40.1. The van der Waals surface area contributed by atoms with E-state index in [1.54, 1.807) is 0 Å². The van der Waals surface area contributed by atoms with Gasteiger partial charge in [-0.15, -0.1) is 0 Å². The van der Waals surface area contributed by atoms with Crippen molar-refractivity contribution < 1.29 is 9.47 Å². The number of aryl methyl sites for hydroxylation is 3. The molecule has 352 valence electrons. The van der Waals surface area contributed by atoms with Crippen molar-refractivity contribution in [2.45, 2.75) is 31.6 Å². The maximum Gasteiger partial charge on any atom is 0.262 e. The SMILES string of the molecule is Cc1cc2c3c(c1)N(c1ccc4c(c1)C1(c5ccccc5-c5ccccc51)c1ccccc1-4)c1cc(C)c4c5c1B3c1c(cc(C)cc1N5c1cc3c(cc1O4)-c1ccccc1C31c3ccccc3-c3ccccc31)O2. The molecule has 11 aromatic carbocycles. The van der Waals surface area contributed by atoms with Crippen molar-refractivity contribution in [1.29, 1.82) is 0 Å². The summed E-state index contributed by atoms with van der Waals surface area (Å²) in [5.41, 5.74) is 33.6. The van der Waals surface area contributed by atoms with Crippen molar-refractivity contribution >= 4 is 57.2 Å². The summed E-state index contributed by atoms with van der Waals surface area (Å²) < 4.78 is 14.8. The molecule has 0 N–H and O–H groups in total. The van der Waals surface area contributed by atoms with Gasteiger partial charge in [0.05, 0.1) is 22.2 Å². The van der Waals surface area contributed by atoms with E-state index < -0.39 is 10.8 Å². The number of anilines is 6. The Labute approximate surface area is 440 Å². The van der Waals surface area contributed by atoms with Gasteiger partial charge in [-0.3, -0.25) is 0 Å². The van der Waals surface area contributed by atoms with Crippen LogP contribution in [0.4, 0.5) is 34.1 Å². The topological polar surface area (TPSA) is 24.9 Å². The smallest absolute Gasteiger partial charge is 0.262 e. The summed E-state index contributed by atoms with van der Waals surface area (Å²) in [5.74, 6) is 3.60. The van der Waals surface area contributed by atoms with Gasteiger partial charge in [-0.1, -0.05) is 152 Å². The van der Waals surface area contributed by atoms with Crippen LogP contribution in [0.3, 0.4) is 0 Å². The molecule has 4 aliphatic carbocycles. The van der Waals surface area contributed by atoms with Gasteiger partial charge >= 0.3 is 0 Å². The minimum absolute atomic E-state index is 0.0934. The Morgan fingerprint density at radius 2 is 0.750 bits per heavy atom. The zero-order valence-electron chi connectivity index (χ0n) is 41.9. The lowest BCUT2D eigenvalue weighted by Crippen LogP contribution is -2.63. The van der Waals surface area contributed by atoms with Crippen LogP contribution in [-0.2, 0) is 10.8 Å². The predicted molar refractivity (Wildman–Crippen MR) is 307 cm³/mol. The molecule has 19 rings (SSSR count). The van der Waals surface area contributed by atoms with E-state index in [0.29, 0.717) is 0 Å². The molecule has 0 radical (unpaired) electrons. The zero-order valence-corrected chi connectivity index (χ0v) is 41.9. The van der Waals surface area contributed by atoms with Gasteiger partial charge in [-0.2, -0.15) is 0 Å². The fourth-order valence-electron chi connectivity index (χ4n) is 16.2. The molecule has 4 heterocycles. The molecule has 0 aromatic heterocycles. The van der Waals surface area contributed by atoms with Crippen LogP contribution in [0.25, 0.3) is 44.5 Å². The van der Waals surface area contributed by atoms with Crippen LogP contribution in [-0.4, -0.2) is 6.71 Å². The van der Waals surface area contributed by atoms with Gasteiger partial charge in [-0.25, -0.2) is 0 Å². The van der Waals surface area contributed by atoms with Crippen molar-refractivity contribution in [2.24, 2.45) is 0 Å². The highest BCUT2D eigenvalue weighted by Crippen LogP contribution is 2.67. The molecule has 11 aromatic rings. The van der Waals surface area contributed by atoms with E-state index >= 15 is 0 Å². The van der Waals surface area contributed by atoms with Crippen LogP contribution in [0.5, 0.6) is 23.0 Å². The number of rotatable bonds is 1. The van der Waals surface area contributed by atoms with E-state index in [-0.39, 0.29) is 6.71 Å². The van der Waals surface area contributed by atoms with Crippen molar-refractivity contribution in [1.82, 2.24) is 0 Å². The monoisotopic (exact) mass is 966 g/mol. The summed E-state index contributed by atoms with van der Waals surface area (Å²) in [7, 11) is 0. The fourth-order valence-corrected chi connectivity index (χ4v) is 16.2. The van der Waals surface area contributed by atoms with Gasteiger partial charge in [0.15, 0.2) is 11.5 Å². The van der Waals surface area contributed by atoms with Crippen LogP contribution >= 0.6 is 0 Å². The number of nitrogens with zero attached hydrogens (tertiary/aromatic N) is 2. The van der Waals surface area contributed by atoms with Crippen molar-refractivity contribution in [3.63, 3.8) is 0 Å². The van der Waals surface area contributed by atoms with Gasteiger partial charge in [0.2, 0.25) is 0 Å². The molecular weight excluding hydrogens is 924 g/mol. The van der Waals surface area contributed by atoms with Crippen LogP contribution < -0.4 is 35.7 Å². The third kappa shape index (κ3) is 4.35. The van der Waals surface area contributed by atoms with Gasteiger partial charge in [0, 0.05) is 22.7 Å². The first-order valence-corrected chi connectivity index (χ1v) is 26.8. The molecule has 8 aliphatic rings. The number of hydrogen-bond acceptors (Lipinski definition) is 4. The lowest BCUT2D eigenvalue weighted by Gasteiger charge is -2.49. The highest BCUT2D eigenvalue weighted by molar-refractivity contribution is 7.01. The number of fused-ring (bicyclic) bond motifs is 23. The minimum atomic E-state index is -0.513. The molecule has 2 spiro atoms. The second kappa shape index (κ2) is 13.3. The molecule has 4 aliphatic heterocycles. The number of hydrogen-bond donors (Lipinski definition) is 0. The molecule has 4 nitrogen and oxygen atoms in total. The third-order valence-corrected chi connectivity index (χ3v) is 18.8. The molecule has 5 heteroatoms. The Balaban J connectivity index is 0.893. The Morgan fingerprint density at radius 3 is 1.25 bits per heavy atom. The van der Waals surface area contributed by atoms with Crippen LogP contribution in [0, 0.1) is 20.8 Å². The molecule has 0 saturated carbocycles. The Hall–Kier alpha value is -9.32. The van der Waals surface area contributed by atoms with Gasteiger partial charge in [-0.05, 0) is 197 Å². The van der Waals surface area contributed by atoms with Gasteiger partial charge < -0.3 is 19.3 Å². The van der Waals surface area contributed by atoms with Crippen molar-refractivity contribution in [3.8, 4) is 67.5 Å². The zero-order chi connectivity index (χ0) is 49.7. The van der Waals surface area contributed by atoms with Gasteiger partial charge in [0.1, 0.15) is 11.5 Å². The lowest BCUT2D eigenvalue weighted by atomic mass is 9.32. The quantitative estimate of drug-likeness (QED) is 0.153. The summed E-state index contributed by atoms with van der Waals surface area (Å²) in [4.78, 5) is 5.13. The Morgan fingerprint density at radius 1 is 0.329 bits per heavy atom. The first-order chi connectivity index (χ1) is 37.4. The molecule has 0 amide bonds. The maximum atomic E-state index is 7.53. The highest BCUT2D eigenvalue weighted by Gasteiger charge is 2.56. The molecule has 76 heavy (non-hydrogen) atoms. The maximum absolute atomic E-state index is 7.53. The summed E-state index contributed by atoms with van der Waals surface area (Å²) in [6.07, 6.45) is 0. The van der Waals surface area contributed by atoms with E-state index in [1.807, 2.05) is 0 Å². The van der Waals surface area contributed by atoms with Gasteiger partial charge in [0.25, 0.3) is 6.71 Å². The third-order valence-electron chi connectivity index (χ3n) is 18.8.